The minimum absolute atomic E-state index is 0.0721. The molecule has 0 aromatic heterocycles. The van der Waals surface area contributed by atoms with Crippen LogP contribution in [-0.2, 0) is 20.8 Å². The van der Waals surface area contributed by atoms with Gasteiger partial charge in [0.25, 0.3) is 0 Å². The van der Waals surface area contributed by atoms with Gasteiger partial charge in [-0.05, 0) is 42.7 Å². The van der Waals surface area contributed by atoms with Crippen LogP contribution in [0.25, 0.3) is 0 Å². The number of nitrogens with one attached hydrogen (secondary N) is 4. The Morgan fingerprint density at radius 3 is 2.66 bits per heavy atom. The van der Waals surface area contributed by atoms with E-state index in [1.165, 1.54) is 0 Å². The second kappa shape index (κ2) is 10.0. The summed E-state index contributed by atoms with van der Waals surface area (Å²) in [6.07, 6.45) is 2.82. The highest BCUT2D eigenvalue weighted by molar-refractivity contribution is 5.92. The van der Waals surface area contributed by atoms with Gasteiger partial charge in [-0.3, -0.25) is 14.4 Å². The van der Waals surface area contributed by atoms with E-state index in [9.17, 15) is 19.6 Å². The highest BCUT2D eigenvalue weighted by Crippen LogP contribution is 2.26. The summed E-state index contributed by atoms with van der Waals surface area (Å²) < 4.78 is 0. The zero-order valence-corrected chi connectivity index (χ0v) is 19.0. The van der Waals surface area contributed by atoms with Crippen molar-refractivity contribution >= 4 is 23.4 Å². The Balaban J connectivity index is 1.63. The summed E-state index contributed by atoms with van der Waals surface area (Å²) in [7, 11) is 0. The highest BCUT2D eigenvalue weighted by Gasteiger charge is 2.33. The molecule has 1 aromatic rings. The molecular formula is C24H33N5O3. The fourth-order valence-electron chi connectivity index (χ4n) is 4.31. The Morgan fingerprint density at radius 2 is 2.00 bits per heavy atom. The van der Waals surface area contributed by atoms with Gasteiger partial charge in [0.2, 0.25) is 17.7 Å². The van der Waals surface area contributed by atoms with Crippen molar-refractivity contribution < 1.29 is 14.4 Å². The normalized spacial score (nSPS) is 21.9. The molecule has 1 aromatic carbocycles. The Labute approximate surface area is 189 Å². The summed E-state index contributed by atoms with van der Waals surface area (Å²) in [5, 5.41) is 21.2. The average molecular weight is 440 g/mol. The molecule has 8 nitrogen and oxygen atoms in total. The maximum Gasteiger partial charge on any atom is 0.243 e. The van der Waals surface area contributed by atoms with Crippen molar-refractivity contribution in [2.45, 2.75) is 71.0 Å². The van der Waals surface area contributed by atoms with E-state index in [1.54, 1.807) is 0 Å². The van der Waals surface area contributed by atoms with E-state index < -0.39 is 24.0 Å². The topological polar surface area (TPSA) is 123 Å². The maximum atomic E-state index is 13.1. The molecule has 4 atom stereocenters. The summed E-state index contributed by atoms with van der Waals surface area (Å²) in [6.45, 7) is 6.64. The SMILES string of the molecule is CC(C)(C)C[C@H](NC(=O)[C@H]1Cc2ccccc2N1)C(=O)N[C@H](C#N)C[C@@H]1CCCNC1=O. The van der Waals surface area contributed by atoms with Gasteiger partial charge >= 0.3 is 0 Å². The van der Waals surface area contributed by atoms with E-state index in [-0.39, 0.29) is 29.6 Å². The van der Waals surface area contributed by atoms with Crippen LogP contribution in [0.15, 0.2) is 24.3 Å². The van der Waals surface area contributed by atoms with Crippen molar-refractivity contribution in [3.05, 3.63) is 29.8 Å². The van der Waals surface area contributed by atoms with E-state index in [4.69, 9.17) is 0 Å². The lowest BCUT2D eigenvalue weighted by molar-refractivity contribution is -0.130. The molecule has 0 radical (unpaired) electrons. The molecule has 2 heterocycles. The third-order valence-corrected chi connectivity index (χ3v) is 5.93. The number of para-hydroxylation sites is 1. The van der Waals surface area contributed by atoms with Crippen molar-refractivity contribution in [3.8, 4) is 6.07 Å². The number of hydrogen-bond acceptors (Lipinski definition) is 5. The molecule has 8 heteroatoms. The Bertz CT molecular complexity index is 877. The highest BCUT2D eigenvalue weighted by atomic mass is 16.2. The minimum atomic E-state index is -0.787. The predicted octanol–water partition coefficient (Wildman–Crippen LogP) is 1.87. The van der Waals surface area contributed by atoms with Crippen LogP contribution in [0, 0.1) is 22.7 Å². The Hall–Kier alpha value is -3.08. The lowest BCUT2D eigenvalue weighted by Crippen LogP contribution is -2.54. The summed E-state index contributed by atoms with van der Waals surface area (Å²) >= 11 is 0. The second-order valence-electron chi connectivity index (χ2n) is 9.94. The molecule has 3 amide bonds. The van der Waals surface area contributed by atoms with Gasteiger partial charge in [0.1, 0.15) is 18.1 Å². The van der Waals surface area contributed by atoms with E-state index >= 15 is 0 Å². The number of amides is 3. The average Bonchev–Trinajstić information content (AvgIpc) is 3.17. The van der Waals surface area contributed by atoms with Crippen LogP contribution in [0.5, 0.6) is 0 Å². The molecule has 0 unspecified atom stereocenters. The van der Waals surface area contributed by atoms with Crippen molar-refractivity contribution in [1.29, 1.82) is 5.26 Å². The van der Waals surface area contributed by atoms with Crippen LogP contribution in [0.1, 0.15) is 52.0 Å². The number of carbonyl (C=O) groups excluding carboxylic acids is 3. The monoisotopic (exact) mass is 439 g/mol. The molecule has 0 aliphatic carbocycles. The first kappa shape index (κ1) is 23.6. The quantitative estimate of drug-likeness (QED) is 0.516. The first-order valence-electron chi connectivity index (χ1n) is 11.3. The van der Waals surface area contributed by atoms with Gasteiger partial charge < -0.3 is 21.3 Å². The summed E-state index contributed by atoms with van der Waals surface area (Å²) in [5.41, 5.74) is 1.78. The van der Waals surface area contributed by atoms with E-state index in [2.05, 4.69) is 27.3 Å². The molecule has 32 heavy (non-hydrogen) atoms. The maximum absolute atomic E-state index is 13.1. The lowest BCUT2D eigenvalue weighted by Gasteiger charge is -2.29. The number of benzene rings is 1. The number of carbonyl (C=O) groups is 3. The lowest BCUT2D eigenvalue weighted by atomic mass is 9.87. The van der Waals surface area contributed by atoms with Gasteiger partial charge in [-0.2, -0.15) is 5.26 Å². The number of piperidine rings is 1. The number of fused-ring (bicyclic) bond motifs is 1. The molecule has 4 N–H and O–H groups in total. The van der Waals surface area contributed by atoms with E-state index in [0.717, 1.165) is 17.7 Å². The van der Waals surface area contributed by atoms with Gasteiger partial charge in [-0.1, -0.05) is 39.0 Å². The van der Waals surface area contributed by atoms with Crippen LogP contribution in [0.3, 0.4) is 0 Å². The number of nitriles is 1. The standard InChI is InChI=1S/C24H33N5O3/c1-24(2,3)13-20(29-22(31)19-12-15-7-4-5-9-18(15)28-19)23(32)27-17(14-25)11-16-8-6-10-26-21(16)30/h4-5,7,9,16-17,19-20,28H,6,8,10-13H2,1-3H3,(H,26,30)(H,27,32)(H,29,31)/t16-,17-,19+,20-/m0/s1. The van der Waals surface area contributed by atoms with Crippen LogP contribution in [0.2, 0.25) is 0 Å². The van der Waals surface area contributed by atoms with Gasteiger partial charge in [0.05, 0.1) is 6.07 Å². The summed E-state index contributed by atoms with van der Waals surface area (Å²) in [4.78, 5) is 38.1. The van der Waals surface area contributed by atoms with E-state index in [0.29, 0.717) is 25.8 Å². The number of anilines is 1. The van der Waals surface area contributed by atoms with Gasteiger partial charge in [-0.25, -0.2) is 0 Å². The number of hydrogen-bond donors (Lipinski definition) is 4. The molecule has 2 aliphatic rings. The molecule has 1 saturated heterocycles. The first-order chi connectivity index (χ1) is 15.2. The zero-order valence-electron chi connectivity index (χ0n) is 19.0. The molecule has 0 saturated carbocycles. The fraction of sp³-hybridized carbons (Fsp3) is 0.583. The van der Waals surface area contributed by atoms with Crippen LogP contribution < -0.4 is 21.3 Å². The molecule has 1 fully saturated rings. The van der Waals surface area contributed by atoms with Crippen LogP contribution in [0.4, 0.5) is 5.69 Å². The summed E-state index contributed by atoms with van der Waals surface area (Å²) in [6, 6.07) is 7.86. The number of nitrogens with zero attached hydrogens (tertiary/aromatic N) is 1. The third-order valence-electron chi connectivity index (χ3n) is 5.93. The van der Waals surface area contributed by atoms with Crippen molar-refractivity contribution in [3.63, 3.8) is 0 Å². The molecule has 0 spiro atoms. The molecule has 3 rings (SSSR count). The zero-order chi connectivity index (χ0) is 23.3. The molecule has 2 aliphatic heterocycles. The summed E-state index contributed by atoms with van der Waals surface area (Å²) in [5.74, 6) is -1.000. The van der Waals surface area contributed by atoms with Gasteiger partial charge in [-0.15, -0.1) is 0 Å². The third kappa shape index (κ3) is 6.22. The smallest absolute Gasteiger partial charge is 0.243 e. The Kier molecular flexibility index (Phi) is 7.39. The number of rotatable bonds is 7. The van der Waals surface area contributed by atoms with E-state index in [1.807, 2.05) is 45.0 Å². The van der Waals surface area contributed by atoms with Crippen molar-refractivity contribution in [1.82, 2.24) is 16.0 Å². The van der Waals surface area contributed by atoms with Crippen molar-refractivity contribution in [2.24, 2.45) is 11.3 Å². The van der Waals surface area contributed by atoms with Crippen LogP contribution >= 0.6 is 0 Å². The minimum Gasteiger partial charge on any atom is -0.373 e. The molecule has 0 bridgehead atoms. The largest absolute Gasteiger partial charge is 0.373 e. The van der Waals surface area contributed by atoms with Crippen molar-refractivity contribution in [2.75, 3.05) is 11.9 Å². The Morgan fingerprint density at radius 1 is 1.25 bits per heavy atom. The first-order valence-corrected chi connectivity index (χ1v) is 11.3. The van der Waals surface area contributed by atoms with Gasteiger partial charge in [0, 0.05) is 24.6 Å². The fourth-order valence-corrected chi connectivity index (χ4v) is 4.31. The predicted molar refractivity (Wildman–Crippen MR) is 121 cm³/mol. The van der Waals surface area contributed by atoms with Gasteiger partial charge in [0.15, 0.2) is 0 Å². The van der Waals surface area contributed by atoms with Crippen LogP contribution in [-0.4, -0.2) is 42.4 Å². The second-order valence-corrected chi connectivity index (χ2v) is 9.94. The molecular weight excluding hydrogens is 406 g/mol. The molecule has 172 valence electrons.